The summed E-state index contributed by atoms with van der Waals surface area (Å²) in [5.74, 6) is 6.09. The van der Waals surface area contributed by atoms with Crippen LogP contribution >= 0.6 is 0 Å². The van der Waals surface area contributed by atoms with Gasteiger partial charge in [-0.15, -0.1) is 0 Å². The van der Waals surface area contributed by atoms with E-state index < -0.39 is 0 Å². The second-order valence-electron chi connectivity index (χ2n) is 6.43. The van der Waals surface area contributed by atoms with Crippen LogP contribution in [0.2, 0.25) is 0 Å². The van der Waals surface area contributed by atoms with Gasteiger partial charge in [0, 0.05) is 5.92 Å². The van der Waals surface area contributed by atoms with E-state index in [4.69, 9.17) is 5.26 Å². The Hall–Kier alpha value is -0.510. The topological polar surface area (TPSA) is 23.8 Å². The van der Waals surface area contributed by atoms with Gasteiger partial charge in [0.2, 0.25) is 0 Å². The van der Waals surface area contributed by atoms with Crippen LogP contribution in [0.1, 0.15) is 39.5 Å². The van der Waals surface area contributed by atoms with E-state index in [9.17, 15) is 0 Å². The zero-order valence-corrected chi connectivity index (χ0v) is 9.82. The minimum absolute atomic E-state index is 0.399. The second kappa shape index (κ2) is 3.24. The Kier molecular flexibility index (Phi) is 2.09. The van der Waals surface area contributed by atoms with Gasteiger partial charge in [-0.2, -0.15) is 5.26 Å². The summed E-state index contributed by atoms with van der Waals surface area (Å²) >= 11 is 0. The highest BCUT2D eigenvalue weighted by atomic mass is 14.6. The van der Waals surface area contributed by atoms with Gasteiger partial charge >= 0.3 is 0 Å². The van der Waals surface area contributed by atoms with Gasteiger partial charge in [0.1, 0.15) is 0 Å². The molecule has 0 spiro atoms. The zero-order chi connectivity index (χ0) is 10.6. The largest absolute Gasteiger partial charge is 0.198 e. The molecule has 3 fully saturated rings. The molecule has 0 aromatic heterocycles. The maximum atomic E-state index is 9.04. The number of nitriles is 1. The molecule has 2 bridgehead atoms. The van der Waals surface area contributed by atoms with Crippen LogP contribution in [0.3, 0.4) is 0 Å². The molecular formula is C14H21N. The van der Waals surface area contributed by atoms with Crippen molar-refractivity contribution < 1.29 is 0 Å². The first-order valence-corrected chi connectivity index (χ1v) is 6.60. The lowest BCUT2D eigenvalue weighted by atomic mass is 9.72. The van der Waals surface area contributed by atoms with Gasteiger partial charge < -0.3 is 0 Å². The number of hydrogen-bond donors (Lipinski definition) is 0. The number of hydrogen-bond acceptors (Lipinski definition) is 1. The van der Waals surface area contributed by atoms with E-state index in [-0.39, 0.29) is 0 Å². The molecule has 3 saturated carbocycles. The summed E-state index contributed by atoms with van der Waals surface area (Å²) in [7, 11) is 0. The number of fused-ring (bicyclic) bond motifs is 5. The van der Waals surface area contributed by atoms with Crippen molar-refractivity contribution in [2.75, 3.05) is 0 Å². The molecule has 0 aromatic carbocycles. The Labute approximate surface area is 92.9 Å². The van der Waals surface area contributed by atoms with Crippen LogP contribution in [0.25, 0.3) is 0 Å². The van der Waals surface area contributed by atoms with Crippen molar-refractivity contribution in [3.8, 4) is 6.07 Å². The third kappa shape index (κ3) is 1.27. The van der Waals surface area contributed by atoms with Crippen molar-refractivity contribution in [2.45, 2.75) is 39.5 Å². The summed E-state index contributed by atoms with van der Waals surface area (Å²) in [6.07, 6.45) is 5.43. The molecule has 3 aliphatic carbocycles. The van der Waals surface area contributed by atoms with Gasteiger partial charge in [0.05, 0.1) is 6.07 Å². The molecule has 0 aliphatic heterocycles. The molecule has 0 radical (unpaired) electrons. The molecule has 6 unspecified atom stereocenters. The van der Waals surface area contributed by atoms with Crippen LogP contribution in [0.15, 0.2) is 0 Å². The van der Waals surface area contributed by atoms with E-state index in [1.807, 2.05) is 0 Å². The molecule has 3 rings (SSSR count). The van der Waals surface area contributed by atoms with Gasteiger partial charge in [0.15, 0.2) is 0 Å². The first-order chi connectivity index (χ1) is 7.20. The summed E-state index contributed by atoms with van der Waals surface area (Å²) in [5.41, 5.74) is 0. The molecule has 82 valence electrons. The molecule has 3 aliphatic rings. The highest BCUT2D eigenvalue weighted by molar-refractivity contribution is 5.08. The van der Waals surface area contributed by atoms with E-state index in [1.165, 1.54) is 25.7 Å². The molecule has 1 nitrogen and oxygen atoms in total. The van der Waals surface area contributed by atoms with Crippen molar-refractivity contribution in [1.82, 2.24) is 0 Å². The van der Waals surface area contributed by atoms with E-state index in [1.54, 1.807) is 0 Å². The van der Waals surface area contributed by atoms with Gasteiger partial charge in [-0.1, -0.05) is 13.8 Å². The monoisotopic (exact) mass is 203 g/mol. The Morgan fingerprint density at radius 3 is 2.40 bits per heavy atom. The average molecular weight is 203 g/mol. The predicted octanol–water partition coefficient (Wildman–Crippen LogP) is 3.46. The molecule has 0 amide bonds. The van der Waals surface area contributed by atoms with E-state index in [0.29, 0.717) is 5.92 Å². The summed E-state index contributed by atoms with van der Waals surface area (Å²) in [5, 5.41) is 9.04. The smallest absolute Gasteiger partial charge is 0.0656 e. The quantitative estimate of drug-likeness (QED) is 0.640. The van der Waals surface area contributed by atoms with Crippen LogP contribution in [-0.4, -0.2) is 0 Å². The molecule has 6 atom stereocenters. The lowest BCUT2D eigenvalue weighted by molar-refractivity contribution is 0.152. The summed E-state index contributed by atoms with van der Waals surface area (Å²) < 4.78 is 0. The lowest BCUT2D eigenvalue weighted by Crippen LogP contribution is -2.27. The van der Waals surface area contributed by atoms with Gasteiger partial charge in [0.25, 0.3) is 0 Å². The number of rotatable bonds is 1. The van der Waals surface area contributed by atoms with E-state index in [0.717, 1.165) is 35.5 Å². The van der Waals surface area contributed by atoms with Crippen LogP contribution < -0.4 is 0 Å². The maximum Gasteiger partial charge on any atom is 0.0656 e. The average Bonchev–Trinajstić information content (AvgIpc) is 2.87. The predicted molar refractivity (Wildman–Crippen MR) is 59.9 cm³/mol. The van der Waals surface area contributed by atoms with Crippen molar-refractivity contribution in [3.05, 3.63) is 0 Å². The highest BCUT2D eigenvalue weighted by Gasteiger charge is 2.56. The standard InChI is InChI=1S/C14H21N/c1-8(2)11-5-10-6-14(11)13-4-9(7-15)3-12(10)13/h8-14H,3-6H2,1-2H3. The Morgan fingerprint density at radius 1 is 1.00 bits per heavy atom. The normalized spacial score (nSPS) is 52.1. The van der Waals surface area contributed by atoms with Crippen molar-refractivity contribution in [3.63, 3.8) is 0 Å². The van der Waals surface area contributed by atoms with Crippen LogP contribution in [0, 0.1) is 52.8 Å². The SMILES string of the molecule is CC(C)C1CC2CC1C1CC(C#N)CC21. The number of nitrogens with zero attached hydrogens (tertiary/aromatic N) is 1. The molecular weight excluding hydrogens is 182 g/mol. The van der Waals surface area contributed by atoms with Crippen LogP contribution in [0.5, 0.6) is 0 Å². The van der Waals surface area contributed by atoms with Crippen molar-refractivity contribution >= 4 is 0 Å². The second-order valence-corrected chi connectivity index (χ2v) is 6.43. The molecule has 15 heavy (non-hydrogen) atoms. The first kappa shape index (κ1) is 9.70. The molecule has 0 heterocycles. The fraction of sp³-hybridized carbons (Fsp3) is 0.929. The Balaban J connectivity index is 1.79. The minimum atomic E-state index is 0.399. The zero-order valence-electron chi connectivity index (χ0n) is 9.82. The molecule has 0 saturated heterocycles. The summed E-state index contributed by atoms with van der Waals surface area (Å²) in [6.45, 7) is 4.77. The van der Waals surface area contributed by atoms with Crippen molar-refractivity contribution in [2.24, 2.45) is 41.4 Å². The van der Waals surface area contributed by atoms with Crippen LogP contribution in [-0.2, 0) is 0 Å². The summed E-state index contributed by atoms with van der Waals surface area (Å²) in [4.78, 5) is 0. The summed E-state index contributed by atoms with van der Waals surface area (Å²) in [6, 6.07) is 2.51. The Morgan fingerprint density at radius 2 is 1.73 bits per heavy atom. The van der Waals surface area contributed by atoms with Crippen molar-refractivity contribution in [1.29, 1.82) is 5.26 Å². The van der Waals surface area contributed by atoms with Crippen LogP contribution in [0.4, 0.5) is 0 Å². The fourth-order valence-electron chi connectivity index (χ4n) is 5.00. The van der Waals surface area contributed by atoms with Gasteiger partial charge in [-0.25, -0.2) is 0 Å². The Bertz CT molecular complexity index is 301. The highest BCUT2D eigenvalue weighted by Crippen LogP contribution is 2.63. The molecule has 1 heteroatoms. The molecule has 0 N–H and O–H groups in total. The van der Waals surface area contributed by atoms with E-state index in [2.05, 4.69) is 19.9 Å². The lowest BCUT2D eigenvalue weighted by Gasteiger charge is -2.33. The third-order valence-corrected chi connectivity index (χ3v) is 5.56. The molecule has 0 aromatic rings. The minimum Gasteiger partial charge on any atom is -0.198 e. The van der Waals surface area contributed by atoms with Gasteiger partial charge in [-0.3, -0.25) is 0 Å². The van der Waals surface area contributed by atoms with Gasteiger partial charge in [-0.05, 0) is 61.2 Å². The fourth-order valence-corrected chi connectivity index (χ4v) is 5.00. The third-order valence-electron chi connectivity index (χ3n) is 5.56. The van der Waals surface area contributed by atoms with E-state index >= 15 is 0 Å². The maximum absolute atomic E-state index is 9.04. The first-order valence-electron chi connectivity index (χ1n) is 6.60.